The van der Waals surface area contributed by atoms with E-state index in [1.165, 1.54) is 86.1 Å². The maximum Gasteiger partial charge on any atom is 0.0541 e. The number of benzene rings is 10. The Kier molecular flexibility index (Phi) is 8.39. The van der Waals surface area contributed by atoms with E-state index >= 15 is 0 Å². The van der Waals surface area contributed by atoms with E-state index in [1.807, 2.05) is 11.3 Å². The first kappa shape index (κ1) is 35.2. The summed E-state index contributed by atoms with van der Waals surface area (Å²) in [6.45, 7) is 0. The Morgan fingerprint density at radius 3 is 1.66 bits per heavy atom. The standard InChI is InChI=1S/C58H38N2S/c1-2-16-39(17-3-1)41-20-12-23-44(34-41)59(45-24-13-21-42(35-45)49-30-15-19-40-18-4-5-26-48(40)49)47-37-53(58-54(38-47)52-29-8-11-33-57(52)61-58)43-22-14-25-46(36-43)60-55-31-9-6-27-50(55)51-28-7-10-32-56(51)60/h1-38H. The van der Waals surface area contributed by atoms with Crippen LogP contribution < -0.4 is 4.90 Å². The molecule has 0 saturated heterocycles. The number of anilines is 3. The van der Waals surface area contributed by atoms with Gasteiger partial charge in [0.05, 0.1) is 11.0 Å². The topological polar surface area (TPSA) is 8.17 Å². The Morgan fingerprint density at radius 2 is 0.885 bits per heavy atom. The third-order valence-electron chi connectivity index (χ3n) is 12.1. The van der Waals surface area contributed by atoms with Crippen molar-refractivity contribution in [1.29, 1.82) is 0 Å². The first-order chi connectivity index (χ1) is 30.2. The van der Waals surface area contributed by atoms with Crippen LogP contribution in [0.2, 0.25) is 0 Å². The maximum atomic E-state index is 2.45. The summed E-state index contributed by atoms with van der Waals surface area (Å²) in [4.78, 5) is 2.45. The molecule has 2 heterocycles. The van der Waals surface area contributed by atoms with Crippen LogP contribution in [0.3, 0.4) is 0 Å². The van der Waals surface area contributed by atoms with E-state index in [9.17, 15) is 0 Å². The number of nitrogens with zero attached hydrogens (tertiary/aromatic N) is 2. The molecule has 2 nitrogen and oxygen atoms in total. The average molecular weight is 795 g/mol. The number of hydrogen-bond donors (Lipinski definition) is 0. The second-order valence-electron chi connectivity index (χ2n) is 15.7. The highest BCUT2D eigenvalue weighted by molar-refractivity contribution is 7.26. The Bertz CT molecular complexity index is 3550. The van der Waals surface area contributed by atoms with Crippen LogP contribution in [0, 0.1) is 0 Å². The van der Waals surface area contributed by atoms with Crippen molar-refractivity contribution >= 4 is 81.1 Å². The molecule has 0 atom stereocenters. The van der Waals surface area contributed by atoms with Gasteiger partial charge in [-0.15, -0.1) is 11.3 Å². The summed E-state index contributed by atoms with van der Waals surface area (Å²) in [7, 11) is 0. The Morgan fingerprint density at radius 1 is 0.328 bits per heavy atom. The van der Waals surface area contributed by atoms with Crippen molar-refractivity contribution in [2.45, 2.75) is 0 Å². The van der Waals surface area contributed by atoms with Gasteiger partial charge in [-0.3, -0.25) is 0 Å². The molecule has 0 N–H and O–H groups in total. The molecule has 0 aliphatic carbocycles. The summed E-state index contributed by atoms with van der Waals surface area (Å²) < 4.78 is 4.98. The van der Waals surface area contributed by atoms with Gasteiger partial charge < -0.3 is 9.47 Å². The fourth-order valence-electron chi connectivity index (χ4n) is 9.36. The molecule has 0 aliphatic heterocycles. The number of aromatic nitrogens is 1. The van der Waals surface area contributed by atoms with Gasteiger partial charge >= 0.3 is 0 Å². The van der Waals surface area contributed by atoms with Crippen LogP contribution >= 0.6 is 11.3 Å². The van der Waals surface area contributed by atoms with Crippen molar-refractivity contribution in [2.24, 2.45) is 0 Å². The zero-order valence-electron chi connectivity index (χ0n) is 33.2. The molecule has 3 heteroatoms. The van der Waals surface area contributed by atoms with Gasteiger partial charge in [0.25, 0.3) is 0 Å². The second kappa shape index (κ2) is 14.5. The molecule has 0 saturated carbocycles. The third-order valence-corrected chi connectivity index (χ3v) is 13.4. The number of para-hydroxylation sites is 2. The predicted octanol–water partition coefficient (Wildman–Crippen LogP) is 16.8. The predicted molar refractivity (Wildman–Crippen MR) is 262 cm³/mol. The lowest BCUT2D eigenvalue weighted by molar-refractivity contribution is 1.18. The van der Waals surface area contributed by atoms with E-state index < -0.39 is 0 Å². The third kappa shape index (κ3) is 6.01. The molecule has 0 spiro atoms. The first-order valence-electron chi connectivity index (χ1n) is 20.8. The minimum absolute atomic E-state index is 1.10. The zero-order chi connectivity index (χ0) is 40.3. The molecule has 0 unspecified atom stereocenters. The number of hydrogen-bond acceptors (Lipinski definition) is 2. The van der Waals surface area contributed by atoms with E-state index in [-0.39, 0.29) is 0 Å². The normalized spacial score (nSPS) is 11.6. The van der Waals surface area contributed by atoms with Gasteiger partial charge in [-0.2, -0.15) is 0 Å². The molecule has 0 bridgehead atoms. The molecule has 12 aromatic rings. The fourth-order valence-corrected chi connectivity index (χ4v) is 10.6. The summed E-state index contributed by atoms with van der Waals surface area (Å²) in [5.41, 5.74) is 14.0. The van der Waals surface area contributed by atoms with Crippen LogP contribution in [0.4, 0.5) is 17.1 Å². The van der Waals surface area contributed by atoms with Gasteiger partial charge in [0.2, 0.25) is 0 Å². The molecule has 0 amide bonds. The van der Waals surface area contributed by atoms with Gasteiger partial charge in [0.1, 0.15) is 0 Å². The lowest BCUT2D eigenvalue weighted by Gasteiger charge is -2.27. The van der Waals surface area contributed by atoms with Gasteiger partial charge in [-0.05, 0) is 105 Å². The van der Waals surface area contributed by atoms with E-state index in [4.69, 9.17) is 0 Å². The first-order valence-corrected chi connectivity index (χ1v) is 21.6. The van der Waals surface area contributed by atoms with Gasteiger partial charge in [0.15, 0.2) is 0 Å². The summed E-state index contributed by atoms with van der Waals surface area (Å²) in [6.07, 6.45) is 0. The van der Waals surface area contributed by atoms with Gasteiger partial charge in [-0.1, -0.05) is 164 Å². The molecule has 0 radical (unpaired) electrons. The maximum absolute atomic E-state index is 2.45. The van der Waals surface area contributed by atoms with E-state index in [0.717, 1.165) is 22.7 Å². The van der Waals surface area contributed by atoms with Crippen molar-refractivity contribution in [3.63, 3.8) is 0 Å². The summed E-state index contributed by atoms with van der Waals surface area (Å²) in [5, 5.41) is 7.53. The van der Waals surface area contributed by atoms with Crippen molar-refractivity contribution in [2.75, 3.05) is 4.90 Å². The van der Waals surface area contributed by atoms with E-state index in [1.54, 1.807) is 0 Å². The minimum atomic E-state index is 1.10. The monoisotopic (exact) mass is 794 g/mol. The van der Waals surface area contributed by atoms with Crippen molar-refractivity contribution < 1.29 is 0 Å². The molecule has 2 aromatic heterocycles. The molecule has 10 aromatic carbocycles. The van der Waals surface area contributed by atoms with Crippen LogP contribution in [-0.2, 0) is 0 Å². The highest BCUT2D eigenvalue weighted by atomic mass is 32.1. The smallest absolute Gasteiger partial charge is 0.0541 e. The summed E-state index contributed by atoms with van der Waals surface area (Å²) in [5.74, 6) is 0. The average Bonchev–Trinajstić information content (AvgIpc) is 3.88. The Balaban J connectivity index is 1.11. The molecule has 0 aliphatic rings. The number of fused-ring (bicyclic) bond motifs is 7. The molecule has 61 heavy (non-hydrogen) atoms. The van der Waals surface area contributed by atoms with Crippen LogP contribution in [0.1, 0.15) is 0 Å². The van der Waals surface area contributed by atoms with Crippen LogP contribution in [0.5, 0.6) is 0 Å². The van der Waals surface area contributed by atoms with Gasteiger partial charge in [-0.25, -0.2) is 0 Å². The second-order valence-corrected chi connectivity index (χ2v) is 16.8. The van der Waals surface area contributed by atoms with Gasteiger partial charge in [0, 0.05) is 59.3 Å². The zero-order valence-corrected chi connectivity index (χ0v) is 34.1. The molecular weight excluding hydrogens is 757 g/mol. The molecule has 0 fully saturated rings. The number of thiophene rings is 1. The van der Waals surface area contributed by atoms with Crippen molar-refractivity contribution in [3.8, 4) is 39.1 Å². The quantitative estimate of drug-likeness (QED) is 0.156. The molecule has 12 rings (SSSR count). The lowest BCUT2D eigenvalue weighted by Crippen LogP contribution is -2.10. The Labute approximate surface area is 358 Å². The van der Waals surface area contributed by atoms with Crippen LogP contribution in [0.15, 0.2) is 231 Å². The highest BCUT2D eigenvalue weighted by Crippen LogP contribution is 2.47. The minimum Gasteiger partial charge on any atom is -0.310 e. The highest BCUT2D eigenvalue weighted by Gasteiger charge is 2.21. The van der Waals surface area contributed by atoms with Crippen LogP contribution in [0.25, 0.3) is 91.8 Å². The van der Waals surface area contributed by atoms with Crippen LogP contribution in [-0.4, -0.2) is 4.57 Å². The van der Waals surface area contributed by atoms with E-state index in [2.05, 4.69) is 240 Å². The van der Waals surface area contributed by atoms with Crippen molar-refractivity contribution in [3.05, 3.63) is 231 Å². The largest absolute Gasteiger partial charge is 0.310 e. The fraction of sp³-hybridized carbons (Fsp3) is 0. The SMILES string of the molecule is c1ccc(-c2cccc(N(c3cccc(-c4cccc5ccccc45)c3)c3cc(-c4cccc(-n5c6ccccc6c6ccccc65)c4)c4sc5ccccc5c4c3)c2)cc1. The number of rotatable bonds is 7. The Hall–Kier alpha value is -7.72. The molecular formula is C58H38N2S. The summed E-state index contributed by atoms with van der Waals surface area (Å²) in [6, 6.07) is 84.3. The van der Waals surface area contributed by atoms with Crippen molar-refractivity contribution in [1.82, 2.24) is 4.57 Å². The summed E-state index contributed by atoms with van der Waals surface area (Å²) >= 11 is 1.88. The lowest BCUT2D eigenvalue weighted by atomic mass is 9.97. The molecule has 286 valence electrons. The van der Waals surface area contributed by atoms with E-state index in [0.29, 0.717) is 0 Å².